The van der Waals surface area contributed by atoms with Crippen molar-refractivity contribution in [2.45, 2.75) is 6.92 Å². The zero-order chi connectivity index (χ0) is 13.5. The fourth-order valence-corrected chi connectivity index (χ4v) is 1.66. The van der Waals surface area contributed by atoms with E-state index in [9.17, 15) is 4.79 Å². The second-order valence-electron chi connectivity index (χ2n) is 3.56. The molecule has 0 aliphatic carbocycles. The quantitative estimate of drug-likeness (QED) is 0.745. The fourth-order valence-electron chi connectivity index (χ4n) is 1.66. The van der Waals surface area contributed by atoms with Gasteiger partial charge >= 0.3 is 0 Å². The third-order valence-corrected chi connectivity index (χ3v) is 2.59. The van der Waals surface area contributed by atoms with Gasteiger partial charge in [-0.3, -0.25) is 4.79 Å². The maximum absolute atomic E-state index is 12.4. The van der Waals surface area contributed by atoms with Gasteiger partial charge in [-0.05, 0) is 19.1 Å². The van der Waals surface area contributed by atoms with Crippen molar-refractivity contribution in [3.8, 4) is 23.8 Å². The minimum Gasteiger partial charge on any atom is -0.496 e. The number of carbonyl (C=O) groups excluding carboxylic acids is 1. The first-order valence-electron chi connectivity index (χ1n) is 5.63. The van der Waals surface area contributed by atoms with Gasteiger partial charge in [0.25, 0.3) is 5.91 Å². The van der Waals surface area contributed by atoms with E-state index in [0.29, 0.717) is 23.6 Å². The highest BCUT2D eigenvalue weighted by Gasteiger charge is 2.22. The molecule has 0 saturated carbocycles. The molecule has 1 aromatic rings. The van der Waals surface area contributed by atoms with Gasteiger partial charge in [0.05, 0.1) is 20.8 Å². The van der Waals surface area contributed by atoms with Crippen molar-refractivity contribution in [2.75, 3.05) is 27.3 Å². The summed E-state index contributed by atoms with van der Waals surface area (Å²) in [7, 11) is 3.03. The number of rotatable bonds is 5. The highest BCUT2D eigenvalue weighted by molar-refractivity contribution is 5.99. The van der Waals surface area contributed by atoms with E-state index in [4.69, 9.17) is 15.9 Å². The summed E-state index contributed by atoms with van der Waals surface area (Å²) in [4.78, 5) is 14.0. The first-order valence-corrected chi connectivity index (χ1v) is 5.63. The van der Waals surface area contributed by atoms with E-state index >= 15 is 0 Å². The van der Waals surface area contributed by atoms with Crippen molar-refractivity contribution in [1.82, 2.24) is 4.90 Å². The van der Waals surface area contributed by atoms with Crippen molar-refractivity contribution in [2.24, 2.45) is 0 Å². The van der Waals surface area contributed by atoms with Gasteiger partial charge in [0.15, 0.2) is 0 Å². The third-order valence-electron chi connectivity index (χ3n) is 2.59. The first-order chi connectivity index (χ1) is 8.69. The van der Waals surface area contributed by atoms with E-state index in [2.05, 4.69) is 5.92 Å². The number of amides is 1. The molecule has 1 aromatic carbocycles. The molecule has 0 atom stereocenters. The predicted octanol–water partition coefficient (Wildman–Crippen LogP) is 1.80. The van der Waals surface area contributed by atoms with Crippen molar-refractivity contribution >= 4 is 5.91 Å². The second kappa shape index (κ2) is 6.55. The second-order valence-corrected chi connectivity index (χ2v) is 3.56. The summed E-state index contributed by atoms with van der Waals surface area (Å²) in [6, 6.07) is 5.21. The molecule has 0 N–H and O–H groups in total. The molecule has 0 unspecified atom stereocenters. The van der Waals surface area contributed by atoms with Crippen LogP contribution in [0.25, 0.3) is 0 Å². The van der Waals surface area contributed by atoms with Crippen LogP contribution in [0, 0.1) is 12.3 Å². The Kier molecular flexibility index (Phi) is 5.06. The molecule has 0 aliphatic heterocycles. The van der Waals surface area contributed by atoms with E-state index in [1.165, 1.54) is 14.2 Å². The zero-order valence-electron chi connectivity index (χ0n) is 10.9. The molecule has 0 saturated heterocycles. The van der Waals surface area contributed by atoms with Gasteiger partial charge in [-0.2, -0.15) is 0 Å². The van der Waals surface area contributed by atoms with Crippen LogP contribution in [0.4, 0.5) is 0 Å². The summed E-state index contributed by atoms with van der Waals surface area (Å²) in [5.74, 6) is 3.24. The van der Waals surface area contributed by atoms with Crippen LogP contribution >= 0.6 is 0 Å². The average Bonchev–Trinajstić information content (AvgIpc) is 2.42. The molecule has 0 aliphatic rings. The van der Waals surface area contributed by atoms with E-state index in [-0.39, 0.29) is 12.5 Å². The Morgan fingerprint density at radius 3 is 2.28 bits per heavy atom. The van der Waals surface area contributed by atoms with Crippen LogP contribution in [-0.2, 0) is 0 Å². The Balaban J connectivity index is 3.22. The van der Waals surface area contributed by atoms with Crippen LogP contribution in [-0.4, -0.2) is 38.1 Å². The third kappa shape index (κ3) is 2.75. The van der Waals surface area contributed by atoms with Crippen molar-refractivity contribution in [3.05, 3.63) is 23.8 Å². The summed E-state index contributed by atoms with van der Waals surface area (Å²) < 4.78 is 10.4. The van der Waals surface area contributed by atoms with Gasteiger partial charge < -0.3 is 14.4 Å². The van der Waals surface area contributed by atoms with Gasteiger partial charge in [0.1, 0.15) is 17.1 Å². The number of methoxy groups -OCH3 is 2. The number of hydrogen-bond donors (Lipinski definition) is 0. The number of benzene rings is 1. The van der Waals surface area contributed by atoms with Crippen molar-refractivity contribution < 1.29 is 14.3 Å². The van der Waals surface area contributed by atoms with Gasteiger partial charge in [0.2, 0.25) is 0 Å². The predicted molar refractivity (Wildman–Crippen MR) is 70.0 cm³/mol. The van der Waals surface area contributed by atoms with E-state index in [1.54, 1.807) is 23.1 Å². The van der Waals surface area contributed by atoms with Crippen LogP contribution in [0.2, 0.25) is 0 Å². The topological polar surface area (TPSA) is 38.8 Å². The molecule has 1 amide bonds. The molecule has 0 heterocycles. The van der Waals surface area contributed by atoms with Crippen LogP contribution in [0.1, 0.15) is 17.3 Å². The van der Waals surface area contributed by atoms with Crippen LogP contribution in [0.3, 0.4) is 0 Å². The Labute approximate surface area is 107 Å². The lowest BCUT2D eigenvalue weighted by atomic mass is 10.1. The van der Waals surface area contributed by atoms with Crippen molar-refractivity contribution in [3.63, 3.8) is 0 Å². The number of ether oxygens (including phenoxy) is 2. The Morgan fingerprint density at radius 1 is 1.33 bits per heavy atom. The summed E-state index contributed by atoms with van der Waals surface area (Å²) in [6.45, 7) is 2.66. The number of nitrogens with zero attached hydrogens (tertiary/aromatic N) is 1. The molecule has 0 aromatic heterocycles. The maximum Gasteiger partial charge on any atom is 0.262 e. The highest BCUT2D eigenvalue weighted by Crippen LogP contribution is 2.29. The molecule has 4 heteroatoms. The lowest BCUT2D eigenvalue weighted by molar-refractivity contribution is 0.0778. The molecule has 18 heavy (non-hydrogen) atoms. The summed E-state index contributed by atoms with van der Waals surface area (Å²) in [5.41, 5.74) is 0.402. The molecular weight excluding hydrogens is 230 g/mol. The summed E-state index contributed by atoms with van der Waals surface area (Å²) >= 11 is 0. The minimum atomic E-state index is -0.190. The van der Waals surface area contributed by atoms with Crippen molar-refractivity contribution in [1.29, 1.82) is 0 Å². The van der Waals surface area contributed by atoms with Crippen LogP contribution < -0.4 is 9.47 Å². The Morgan fingerprint density at radius 2 is 1.89 bits per heavy atom. The molecule has 96 valence electrons. The lowest BCUT2D eigenvalue weighted by Crippen LogP contribution is -2.31. The Hall–Kier alpha value is -2.15. The molecule has 0 fully saturated rings. The maximum atomic E-state index is 12.4. The van der Waals surface area contributed by atoms with E-state index in [1.807, 2.05) is 6.92 Å². The minimum absolute atomic E-state index is 0.190. The molecule has 0 spiro atoms. The lowest BCUT2D eigenvalue weighted by Gasteiger charge is -2.20. The summed E-state index contributed by atoms with van der Waals surface area (Å²) in [5, 5.41) is 0. The first kappa shape index (κ1) is 13.9. The molecular formula is C14H17NO3. The Bertz CT molecular complexity index is 440. The molecule has 1 rings (SSSR count). The highest BCUT2D eigenvalue weighted by atomic mass is 16.5. The number of carbonyl (C=O) groups is 1. The number of terminal acetylenes is 1. The zero-order valence-corrected chi connectivity index (χ0v) is 10.9. The van der Waals surface area contributed by atoms with E-state index in [0.717, 1.165) is 0 Å². The van der Waals surface area contributed by atoms with Gasteiger partial charge in [-0.15, -0.1) is 6.42 Å². The fraction of sp³-hybridized carbons (Fsp3) is 0.357. The number of hydrogen-bond acceptors (Lipinski definition) is 3. The standard InChI is InChI=1S/C14H17NO3/c1-5-10-15(6-2)14(16)13-11(17-3)8-7-9-12(13)18-4/h1,7-9H,6,10H2,2-4H3. The van der Waals surface area contributed by atoms with Gasteiger partial charge in [0, 0.05) is 6.54 Å². The smallest absolute Gasteiger partial charge is 0.262 e. The molecule has 0 bridgehead atoms. The van der Waals surface area contributed by atoms with Crippen LogP contribution in [0.5, 0.6) is 11.5 Å². The van der Waals surface area contributed by atoms with Crippen LogP contribution in [0.15, 0.2) is 18.2 Å². The van der Waals surface area contributed by atoms with E-state index < -0.39 is 0 Å². The largest absolute Gasteiger partial charge is 0.496 e. The van der Waals surface area contributed by atoms with Gasteiger partial charge in [-0.1, -0.05) is 12.0 Å². The summed E-state index contributed by atoms with van der Waals surface area (Å²) in [6.07, 6.45) is 5.26. The van der Waals surface area contributed by atoms with Gasteiger partial charge in [-0.25, -0.2) is 0 Å². The normalized spacial score (nSPS) is 9.44. The SMILES string of the molecule is C#CCN(CC)C(=O)c1c(OC)cccc1OC. The monoisotopic (exact) mass is 247 g/mol. The molecule has 4 nitrogen and oxygen atoms in total. The molecule has 0 radical (unpaired) electrons. The average molecular weight is 247 g/mol.